The molecule has 2 aromatic carbocycles. The van der Waals surface area contributed by atoms with Crippen LogP contribution in [-0.4, -0.2) is 50.2 Å². The van der Waals surface area contributed by atoms with E-state index in [0.29, 0.717) is 23.7 Å². The highest BCUT2D eigenvalue weighted by Crippen LogP contribution is 2.23. The van der Waals surface area contributed by atoms with Crippen LogP contribution in [0.2, 0.25) is 5.02 Å². The lowest BCUT2D eigenvalue weighted by atomic mass is 10.2. The van der Waals surface area contributed by atoms with E-state index in [9.17, 15) is 9.59 Å². The summed E-state index contributed by atoms with van der Waals surface area (Å²) < 4.78 is 3.29. The van der Waals surface area contributed by atoms with Crippen molar-refractivity contribution < 1.29 is 0 Å². The van der Waals surface area contributed by atoms with Gasteiger partial charge in [-0.2, -0.15) is 4.98 Å². The first-order valence-corrected chi connectivity index (χ1v) is 12.0. The Balaban J connectivity index is 1.42. The Morgan fingerprint density at radius 2 is 1.71 bits per heavy atom. The number of allylic oxidation sites excluding steroid dienone is 1. The maximum atomic E-state index is 12.8. The molecule has 0 radical (unpaired) electrons. The lowest BCUT2D eigenvalue weighted by Crippen LogP contribution is -2.46. The summed E-state index contributed by atoms with van der Waals surface area (Å²) in [6.45, 7) is 4.43. The van der Waals surface area contributed by atoms with E-state index in [1.54, 1.807) is 7.05 Å². The number of anilines is 1. The van der Waals surface area contributed by atoms with Crippen molar-refractivity contribution in [3.63, 3.8) is 0 Å². The number of imidazole rings is 1. The van der Waals surface area contributed by atoms with Gasteiger partial charge in [0.1, 0.15) is 0 Å². The zero-order valence-electron chi connectivity index (χ0n) is 19.5. The predicted octanol–water partition coefficient (Wildman–Crippen LogP) is 3.11. The first-order chi connectivity index (χ1) is 17.0. The first kappa shape index (κ1) is 23.1. The number of fused-ring (bicyclic) bond motifs is 1. The molecule has 180 valence electrons. The Labute approximate surface area is 207 Å². The summed E-state index contributed by atoms with van der Waals surface area (Å²) in [6.07, 6.45) is 4.03. The van der Waals surface area contributed by atoms with Crippen molar-refractivity contribution in [2.75, 3.05) is 31.1 Å². The summed E-state index contributed by atoms with van der Waals surface area (Å²) >= 11 is 6.35. The molecule has 9 heteroatoms. The van der Waals surface area contributed by atoms with Crippen molar-refractivity contribution >= 4 is 34.8 Å². The predicted molar refractivity (Wildman–Crippen MR) is 140 cm³/mol. The van der Waals surface area contributed by atoms with Gasteiger partial charge >= 0.3 is 5.69 Å². The second-order valence-electron chi connectivity index (χ2n) is 8.68. The molecule has 0 unspecified atom stereocenters. The van der Waals surface area contributed by atoms with E-state index in [1.165, 1.54) is 4.57 Å². The number of hydrogen-bond donors (Lipinski definition) is 1. The average molecular weight is 491 g/mol. The van der Waals surface area contributed by atoms with Gasteiger partial charge in [0.05, 0.1) is 0 Å². The summed E-state index contributed by atoms with van der Waals surface area (Å²) in [7, 11) is 1.63. The third-order valence-corrected chi connectivity index (χ3v) is 6.76. The van der Waals surface area contributed by atoms with Gasteiger partial charge in [0, 0.05) is 51.3 Å². The average Bonchev–Trinajstić information content (AvgIpc) is 3.25. The highest BCUT2D eigenvalue weighted by Gasteiger charge is 2.24. The molecule has 1 aliphatic heterocycles. The van der Waals surface area contributed by atoms with E-state index in [2.05, 4.69) is 20.9 Å². The quantitative estimate of drug-likeness (QED) is 0.449. The van der Waals surface area contributed by atoms with Crippen LogP contribution in [0.3, 0.4) is 0 Å². The van der Waals surface area contributed by atoms with Crippen LogP contribution in [0.25, 0.3) is 17.2 Å². The Morgan fingerprint density at radius 1 is 1.00 bits per heavy atom. The van der Waals surface area contributed by atoms with E-state index in [1.807, 2.05) is 65.3 Å². The van der Waals surface area contributed by atoms with Gasteiger partial charge in [-0.05, 0) is 17.2 Å². The Morgan fingerprint density at radius 3 is 2.46 bits per heavy atom. The van der Waals surface area contributed by atoms with Crippen molar-refractivity contribution in [3.8, 4) is 0 Å². The molecule has 0 spiro atoms. The number of rotatable bonds is 6. The molecule has 0 amide bonds. The van der Waals surface area contributed by atoms with Crippen LogP contribution in [0.4, 0.5) is 5.95 Å². The van der Waals surface area contributed by atoms with Crippen LogP contribution >= 0.6 is 11.6 Å². The molecule has 35 heavy (non-hydrogen) atoms. The number of piperazine rings is 1. The van der Waals surface area contributed by atoms with Gasteiger partial charge in [0.2, 0.25) is 5.95 Å². The number of halogens is 1. The molecule has 1 N–H and O–H groups in total. The van der Waals surface area contributed by atoms with Gasteiger partial charge < -0.3 is 9.47 Å². The number of aryl methyl sites for hydroxylation is 1. The summed E-state index contributed by atoms with van der Waals surface area (Å²) in [5.74, 6) is 0.696. The highest BCUT2D eigenvalue weighted by atomic mass is 35.5. The summed E-state index contributed by atoms with van der Waals surface area (Å²) in [5.41, 5.74) is 2.09. The molecule has 4 aromatic rings. The van der Waals surface area contributed by atoms with E-state index >= 15 is 0 Å². The maximum Gasteiger partial charge on any atom is 0.329 e. The molecule has 1 aliphatic rings. The van der Waals surface area contributed by atoms with Crippen LogP contribution in [0.1, 0.15) is 11.1 Å². The fraction of sp³-hybridized carbons (Fsp3) is 0.269. The van der Waals surface area contributed by atoms with Gasteiger partial charge in [-0.25, -0.2) is 4.79 Å². The maximum absolute atomic E-state index is 12.8. The molecule has 5 rings (SSSR count). The van der Waals surface area contributed by atoms with Gasteiger partial charge in [0.25, 0.3) is 5.56 Å². The Bertz CT molecular complexity index is 1480. The summed E-state index contributed by atoms with van der Waals surface area (Å²) in [6, 6.07) is 17.9. The van der Waals surface area contributed by atoms with Gasteiger partial charge in [-0.15, -0.1) is 0 Å². The van der Waals surface area contributed by atoms with Crippen molar-refractivity contribution in [3.05, 3.63) is 97.7 Å². The molecule has 1 fully saturated rings. The minimum atomic E-state index is -0.469. The second kappa shape index (κ2) is 9.93. The number of hydrogen-bond acceptors (Lipinski definition) is 5. The molecule has 2 aromatic heterocycles. The lowest BCUT2D eigenvalue weighted by Gasteiger charge is -2.35. The van der Waals surface area contributed by atoms with Crippen molar-refractivity contribution in [1.29, 1.82) is 0 Å². The van der Waals surface area contributed by atoms with E-state index in [4.69, 9.17) is 16.6 Å². The minimum absolute atomic E-state index is 0.389. The normalized spacial score (nSPS) is 14.9. The lowest BCUT2D eigenvalue weighted by molar-refractivity contribution is 0.248. The molecule has 3 heterocycles. The van der Waals surface area contributed by atoms with Gasteiger partial charge in [-0.1, -0.05) is 72.3 Å². The zero-order valence-corrected chi connectivity index (χ0v) is 20.3. The van der Waals surface area contributed by atoms with E-state index in [0.717, 1.165) is 48.9 Å². The number of aromatic amines is 1. The molecular weight excluding hydrogens is 464 g/mol. The van der Waals surface area contributed by atoms with Crippen LogP contribution < -0.4 is 16.1 Å². The largest absolute Gasteiger partial charge is 0.340 e. The molecule has 0 atom stereocenters. The van der Waals surface area contributed by atoms with Crippen LogP contribution in [0.15, 0.2) is 70.3 Å². The number of H-pyrrole nitrogens is 1. The zero-order chi connectivity index (χ0) is 24.4. The molecule has 0 aliphatic carbocycles. The fourth-order valence-corrected chi connectivity index (χ4v) is 4.66. The van der Waals surface area contributed by atoms with Crippen molar-refractivity contribution in [2.45, 2.75) is 13.1 Å². The van der Waals surface area contributed by atoms with Crippen LogP contribution in [0.5, 0.6) is 0 Å². The number of aromatic nitrogens is 4. The molecule has 0 saturated carbocycles. The number of nitrogens with one attached hydrogen (secondary N) is 1. The SMILES string of the molecule is Cn1c(=O)[nH]c(=O)c2c1nc(N1CCN(Cc3ccccc3Cl)CC1)n2C/C=C/c1ccccc1. The van der Waals surface area contributed by atoms with E-state index in [-0.39, 0.29) is 0 Å². The second-order valence-corrected chi connectivity index (χ2v) is 9.09. The Hall–Kier alpha value is -3.62. The molecule has 0 bridgehead atoms. The fourth-order valence-electron chi connectivity index (χ4n) is 4.47. The topological polar surface area (TPSA) is 79.2 Å². The smallest absolute Gasteiger partial charge is 0.329 e. The molecular formula is C26H27ClN6O2. The third-order valence-electron chi connectivity index (χ3n) is 6.39. The van der Waals surface area contributed by atoms with Crippen molar-refractivity contribution in [1.82, 2.24) is 24.0 Å². The number of benzene rings is 2. The monoisotopic (exact) mass is 490 g/mol. The number of nitrogens with zero attached hydrogens (tertiary/aromatic N) is 5. The van der Waals surface area contributed by atoms with E-state index < -0.39 is 11.2 Å². The van der Waals surface area contributed by atoms with Gasteiger partial charge in [-0.3, -0.25) is 19.2 Å². The molecule has 8 nitrogen and oxygen atoms in total. The van der Waals surface area contributed by atoms with Gasteiger partial charge in [0.15, 0.2) is 11.2 Å². The summed E-state index contributed by atoms with van der Waals surface area (Å²) in [4.78, 5) is 36.7. The third kappa shape index (κ3) is 4.80. The van der Waals surface area contributed by atoms with Crippen molar-refractivity contribution in [2.24, 2.45) is 7.05 Å². The first-order valence-electron chi connectivity index (χ1n) is 11.6. The molecule has 1 saturated heterocycles. The highest BCUT2D eigenvalue weighted by molar-refractivity contribution is 6.31. The van der Waals surface area contributed by atoms with Crippen LogP contribution in [-0.2, 0) is 20.1 Å². The van der Waals surface area contributed by atoms with Crippen LogP contribution in [0, 0.1) is 0 Å². The summed E-state index contributed by atoms with van der Waals surface area (Å²) in [5, 5.41) is 0.780. The standard InChI is InChI=1S/C26H27ClN6O2/c1-30-23-22(24(34)29-26(30)35)33(13-7-10-19-8-3-2-4-9-19)25(28-23)32-16-14-31(15-17-32)18-20-11-5-6-12-21(20)27/h2-12H,13-18H2,1H3,(H,29,34,35)/b10-7+. The Kier molecular flexibility index (Phi) is 6.57. The minimum Gasteiger partial charge on any atom is -0.340 e.